The second-order valence-electron chi connectivity index (χ2n) is 3.15. The summed E-state index contributed by atoms with van der Waals surface area (Å²) < 4.78 is 0. The van der Waals surface area contributed by atoms with Gasteiger partial charge in [-0.05, 0) is 25.9 Å². The molecular weight excluding hydrogens is 180 g/mol. The van der Waals surface area contributed by atoms with Gasteiger partial charge in [-0.1, -0.05) is 11.8 Å². The normalized spacial score (nSPS) is 16.9. The molecule has 2 rings (SSSR count). The van der Waals surface area contributed by atoms with E-state index in [-0.39, 0.29) is 0 Å². The first kappa shape index (κ1) is 8.74. The quantitative estimate of drug-likeness (QED) is 0.628. The van der Waals surface area contributed by atoms with Crippen LogP contribution in [0.2, 0.25) is 0 Å². The molecule has 0 N–H and O–H groups in total. The first-order valence-corrected chi connectivity index (χ1v) is 5.43. The maximum atomic E-state index is 3.98. The molecule has 2 heterocycles. The van der Waals surface area contributed by atoms with Crippen LogP contribution in [0, 0.1) is 11.8 Å². The minimum atomic E-state index is 0.915. The monoisotopic (exact) mass is 192 g/mol. The average molecular weight is 192 g/mol. The number of rotatable bonds is 1. The van der Waals surface area contributed by atoms with Crippen LogP contribution in [-0.2, 0) is 0 Å². The van der Waals surface area contributed by atoms with E-state index in [0.717, 1.165) is 11.4 Å². The Hall–Kier alpha value is -0.850. The Kier molecular flexibility index (Phi) is 2.96. The maximum Gasteiger partial charge on any atom is 0.0967 e. The summed E-state index contributed by atoms with van der Waals surface area (Å²) in [4.78, 5) is 7.44. The molecule has 0 radical (unpaired) electrons. The molecule has 1 aromatic heterocycles. The Morgan fingerprint density at radius 3 is 3.00 bits per heavy atom. The zero-order chi connectivity index (χ0) is 8.93. The average Bonchev–Trinajstić information content (AvgIpc) is 2.75. The van der Waals surface area contributed by atoms with Crippen molar-refractivity contribution in [2.45, 2.75) is 12.8 Å². The van der Waals surface area contributed by atoms with Gasteiger partial charge in [0, 0.05) is 0 Å². The predicted molar refractivity (Wildman–Crippen MR) is 54.7 cm³/mol. The highest BCUT2D eigenvalue weighted by Gasteiger charge is 2.08. The van der Waals surface area contributed by atoms with E-state index in [2.05, 4.69) is 21.7 Å². The highest BCUT2D eigenvalue weighted by atomic mass is 32.1. The van der Waals surface area contributed by atoms with Crippen molar-refractivity contribution in [2.75, 3.05) is 19.6 Å². The van der Waals surface area contributed by atoms with Gasteiger partial charge in [0.25, 0.3) is 0 Å². The Labute approximate surface area is 82.6 Å². The van der Waals surface area contributed by atoms with E-state index in [1.54, 1.807) is 11.3 Å². The second kappa shape index (κ2) is 4.40. The number of hydrogen-bond acceptors (Lipinski definition) is 3. The van der Waals surface area contributed by atoms with Crippen molar-refractivity contribution in [1.29, 1.82) is 0 Å². The third-order valence-corrected chi connectivity index (χ3v) is 2.83. The van der Waals surface area contributed by atoms with Crippen molar-refractivity contribution in [3.8, 4) is 11.8 Å². The van der Waals surface area contributed by atoms with E-state index in [4.69, 9.17) is 0 Å². The van der Waals surface area contributed by atoms with Crippen LogP contribution in [0.5, 0.6) is 0 Å². The fraction of sp³-hybridized carbons (Fsp3) is 0.500. The first-order chi connectivity index (χ1) is 6.45. The Balaban J connectivity index is 1.83. The molecule has 1 fully saturated rings. The van der Waals surface area contributed by atoms with Gasteiger partial charge in [0.05, 0.1) is 23.1 Å². The van der Waals surface area contributed by atoms with Crippen LogP contribution in [-0.4, -0.2) is 29.5 Å². The molecule has 2 nitrogen and oxygen atoms in total. The largest absolute Gasteiger partial charge is 0.292 e. The topological polar surface area (TPSA) is 16.1 Å². The number of hydrogen-bond donors (Lipinski definition) is 0. The predicted octanol–water partition coefficient (Wildman–Crippen LogP) is 1.59. The summed E-state index contributed by atoms with van der Waals surface area (Å²) in [7, 11) is 0. The molecule has 1 aliphatic heterocycles. The van der Waals surface area contributed by atoms with Gasteiger partial charge in [-0.2, -0.15) is 0 Å². The highest BCUT2D eigenvalue weighted by molar-refractivity contribution is 7.10. The summed E-state index contributed by atoms with van der Waals surface area (Å²) in [6.07, 6.45) is 4.49. The summed E-state index contributed by atoms with van der Waals surface area (Å²) in [5, 5.41) is 0. The van der Waals surface area contributed by atoms with E-state index in [1.807, 2.05) is 11.7 Å². The lowest BCUT2D eigenvalue weighted by Crippen LogP contribution is -2.18. The molecule has 0 aliphatic carbocycles. The lowest BCUT2D eigenvalue weighted by atomic mass is 10.4. The molecule has 0 aromatic carbocycles. The molecule has 3 heteroatoms. The lowest BCUT2D eigenvalue weighted by Gasteiger charge is -2.08. The summed E-state index contributed by atoms with van der Waals surface area (Å²) in [6.45, 7) is 3.35. The van der Waals surface area contributed by atoms with Gasteiger partial charge < -0.3 is 0 Å². The molecule has 0 bridgehead atoms. The molecule has 1 aromatic rings. The van der Waals surface area contributed by atoms with Gasteiger partial charge in [0.15, 0.2) is 0 Å². The zero-order valence-corrected chi connectivity index (χ0v) is 8.31. The molecule has 0 saturated carbocycles. The molecule has 0 spiro atoms. The van der Waals surface area contributed by atoms with E-state index in [0.29, 0.717) is 0 Å². The summed E-state index contributed by atoms with van der Waals surface area (Å²) in [6, 6.07) is 0. The molecule has 1 saturated heterocycles. The molecule has 0 amide bonds. The number of likely N-dealkylation sites (tertiary alicyclic amines) is 1. The van der Waals surface area contributed by atoms with Crippen LogP contribution in [0.4, 0.5) is 0 Å². The van der Waals surface area contributed by atoms with Crippen LogP contribution in [0.15, 0.2) is 11.7 Å². The van der Waals surface area contributed by atoms with Crippen LogP contribution in [0.1, 0.15) is 17.7 Å². The standard InChI is InChI=1S/C10H12N2S/c1-2-6-12(5-1)7-3-4-10-8-11-9-13-10/h8-9H,1-2,5-7H2. The molecule has 13 heavy (non-hydrogen) atoms. The maximum absolute atomic E-state index is 3.98. The van der Waals surface area contributed by atoms with Crippen molar-refractivity contribution < 1.29 is 0 Å². The van der Waals surface area contributed by atoms with Crippen LogP contribution >= 0.6 is 11.3 Å². The number of thiazole rings is 1. The van der Waals surface area contributed by atoms with Crippen molar-refractivity contribution >= 4 is 11.3 Å². The van der Waals surface area contributed by atoms with E-state index >= 15 is 0 Å². The van der Waals surface area contributed by atoms with Crippen molar-refractivity contribution in [2.24, 2.45) is 0 Å². The Bertz CT molecular complexity index is 301. The summed E-state index contributed by atoms with van der Waals surface area (Å²) in [5.41, 5.74) is 1.82. The van der Waals surface area contributed by atoms with E-state index < -0.39 is 0 Å². The van der Waals surface area contributed by atoms with Gasteiger partial charge >= 0.3 is 0 Å². The molecule has 0 unspecified atom stereocenters. The molecular formula is C10H12N2S. The molecule has 0 atom stereocenters. The SMILES string of the molecule is C(#Cc1cncs1)CN1CCCC1. The molecule has 68 valence electrons. The summed E-state index contributed by atoms with van der Waals surface area (Å²) in [5.74, 6) is 6.29. The number of nitrogens with zero attached hydrogens (tertiary/aromatic N) is 2. The van der Waals surface area contributed by atoms with Crippen LogP contribution < -0.4 is 0 Å². The minimum Gasteiger partial charge on any atom is -0.292 e. The van der Waals surface area contributed by atoms with Gasteiger partial charge in [0.2, 0.25) is 0 Å². The van der Waals surface area contributed by atoms with Crippen molar-refractivity contribution in [1.82, 2.24) is 9.88 Å². The van der Waals surface area contributed by atoms with Gasteiger partial charge in [0.1, 0.15) is 0 Å². The van der Waals surface area contributed by atoms with Crippen LogP contribution in [0.25, 0.3) is 0 Å². The Morgan fingerprint density at radius 1 is 1.46 bits per heavy atom. The van der Waals surface area contributed by atoms with Crippen LogP contribution in [0.3, 0.4) is 0 Å². The van der Waals surface area contributed by atoms with Gasteiger partial charge in [-0.25, -0.2) is 0 Å². The third-order valence-electron chi connectivity index (χ3n) is 2.15. The fourth-order valence-corrected chi connectivity index (χ4v) is 1.94. The first-order valence-electron chi connectivity index (χ1n) is 4.55. The van der Waals surface area contributed by atoms with Gasteiger partial charge in [-0.15, -0.1) is 11.3 Å². The minimum absolute atomic E-state index is 0.915. The van der Waals surface area contributed by atoms with E-state index in [1.165, 1.54) is 25.9 Å². The van der Waals surface area contributed by atoms with Crippen molar-refractivity contribution in [3.05, 3.63) is 16.6 Å². The second-order valence-corrected chi connectivity index (χ2v) is 4.04. The number of aromatic nitrogens is 1. The van der Waals surface area contributed by atoms with Gasteiger partial charge in [-0.3, -0.25) is 9.88 Å². The summed E-state index contributed by atoms with van der Waals surface area (Å²) >= 11 is 1.60. The molecule has 1 aliphatic rings. The zero-order valence-electron chi connectivity index (χ0n) is 7.49. The Morgan fingerprint density at radius 2 is 2.31 bits per heavy atom. The lowest BCUT2D eigenvalue weighted by molar-refractivity contribution is 0.383. The highest BCUT2D eigenvalue weighted by Crippen LogP contribution is 2.06. The smallest absolute Gasteiger partial charge is 0.0967 e. The van der Waals surface area contributed by atoms with Crippen molar-refractivity contribution in [3.63, 3.8) is 0 Å². The van der Waals surface area contributed by atoms with E-state index in [9.17, 15) is 0 Å². The third kappa shape index (κ3) is 2.55. The fourth-order valence-electron chi connectivity index (χ4n) is 1.46.